The summed E-state index contributed by atoms with van der Waals surface area (Å²) < 4.78 is 15.9. The fraction of sp³-hybridized carbons (Fsp3) is 0.588. The molecule has 1 unspecified atom stereocenters. The van der Waals surface area contributed by atoms with Crippen LogP contribution < -0.4 is 9.47 Å². The molecule has 0 saturated carbocycles. The molecule has 3 rings (SSSR count). The Morgan fingerprint density at radius 3 is 2.13 bits per heavy atom. The number of nitrogens with zero attached hydrogens (tertiary/aromatic N) is 1. The number of carbonyl (C=O) groups is 1. The molecule has 6 heteroatoms. The molecule has 1 N–H and O–H groups in total. The van der Waals surface area contributed by atoms with E-state index in [1.165, 1.54) is 39.2 Å². The van der Waals surface area contributed by atoms with Gasteiger partial charge in [0, 0.05) is 24.9 Å². The molecular weight excluding hydrogens is 298 g/mol. The number of methoxy groups -OCH3 is 2. The SMILES string of the molecule is COc1cc(C(=O)OC2C[C@H]3CC[C@@H](C2)N3C)cc(OC)c1O. The molecule has 1 aromatic carbocycles. The summed E-state index contributed by atoms with van der Waals surface area (Å²) >= 11 is 0. The number of piperidine rings is 1. The van der Waals surface area contributed by atoms with Crippen molar-refractivity contribution in [2.24, 2.45) is 0 Å². The van der Waals surface area contributed by atoms with Crippen LogP contribution in [-0.4, -0.2) is 55.4 Å². The van der Waals surface area contributed by atoms with Gasteiger partial charge in [0.05, 0.1) is 19.8 Å². The fourth-order valence-electron chi connectivity index (χ4n) is 3.69. The van der Waals surface area contributed by atoms with E-state index in [0.29, 0.717) is 17.6 Å². The highest BCUT2D eigenvalue weighted by Gasteiger charge is 2.40. The lowest BCUT2D eigenvalue weighted by Gasteiger charge is -2.35. The third-order valence-corrected chi connectivity index (χ3v) is 5.04. The van der Waals surface area contributed by atoms with E-state index < -0.39 is 5.97 Å². The van der Waals surface area contributed by atoms with E-state index in [0.717, 1.165) is 12.8 Å². The van der Waals surface area contributed by atoms with Crippen molar-refractivity contribution in [3.63, 3.8) is 0 Å². The molecule has 23 heavy (non-hydrogen) atoms. The average Bonchev–Trinajstić information content (AvgIpc) is 2.76. The lowest BCUT2D eigenvalue weighted by molar-refractivity contribution is -0.000506. The Balaban J connectivity index is 1.74. The van der Waals surface area contributed by atoms with Crippen LogP contribution in [-0.2, 0) is 4.74 Å². The van der Waals surface area contributed by atoms with E-state index in [2.05, 4.69) is 11.9 Å². The smallest absolute Gasteiger partial charge is 0.338 e. The van der Waals surface area contributed by atoms with E-state index >= 15 is 0 Å². The molecule has 2 fully saturated rings. The maximum absolute atomic E-state index is 12.4. The predicted molar refractivity (Wildman–Crippen MR) is 84.2 cm³/mol. The first kappa shape index (κ1) is 15.9. The molecule has 2 heterocycles. The highest BCUT2D eigenvalue weighted by atomic mass is 16.5. The van der Waals surface area contributed by atoms with Gasteiger partial charge in [-0.3, -0.25) is 0 Å². The maximum atomic E-state index is 12.4. The number of carbonyl (C=O) groups excluding carboxylic acids is 1. The van der Waals surface area contributed by atoms with Crippen LogP contribution in [0.15, 0.2) is 12.1 Å². The van der Waals surface area contributed by atoms with Crippen molar-refractivity contribution in [2.75, 3.05) is 21.3 Å². The van der Waals surface area contributed by atoms with Crippen molar-refractivity contribution in [1.82, 2.24) is 4.90 Å². The van der Waals surface area contributed by atoms with Gasteiger partial charge in [-0.2, -0.15) is 0 Å². The first-order chi connectivity index (χ1) is 11.0. The molecule has 0 radical (unpaired) electrons. The van der Waals surface area contributed by atoms with Gasteiger partial charge in [-0.25, -0.2) is 4.79 Å². The maximum Gasteiger partial charge on any atom is 0.338 e. The summed E-state index contributed by atoms with van der Waals surface area (Å²) in [5, 5.41) is 9.92. The van der Waals surface area contributed by atoms with E-state index in [4.69, 9.17) is 14.2 Å². The van der Waals surface area contributed by atoms with Gasteiger partial charge in [0.15, 0.2) is 11.5 Å². The first-order valence-electron chi connectivity index (χ1n) is 7.91. The number of aromatic hydroxyl groups is 1. The van der Waals surface area contributed by atoms with Crippen LogP contribution in [0.3, 0.4) is 0 Å². The molecule has 3 atom stereocenters. The topological polar surface area (TPSA) is 68.2 Å². The van der Waals surface area contributed by atoms with Crippen LogP contribution in [0.4, 0.5) is 0 Å². The summed E-state index contributed by atoms with van der Waals surface area (Å²) in [6.45, 7) is 0. The number of phenols is 1. The summed E-state index contributed by atoms with van der Waals surface area (Å²) in [5.41, 5.74) is 0.322. The lowest BCUT2D eigenvalue weighted by atomic mass is 10.0. The van der Waals surface area contributed by atoms with Crippen molar-refractivity contribution in [3.05, 3.63) is 17.7 Å². The number of fused-ring (bicyclic) bond motifs is 2. The van der Waals surface area contributed by atoms with Crippen molar-refractivity contribution in [1.29, 1.82) is 0 Å². The Hall–Kier alpha value is -1.95. The van der Waals surface area contributed by atoms with Gasteiger partial charge in [0.2, 0.25) is 5.75 Å². The van der Waals surface area contributed by atoms with Crippen LogP contribution >= 0.6 is 0 Å². The molecular formula is C17H23NO5. The second-order valence-corrected chi connectivity index (χ2v) is 6.28. The largest absolute Gasteiger partial charge is 0.502 e. The van der Waals surface area contributed by atoms with E-state index in [1.807, 2.05) is 0 Å². The predicted octanol–water partition coefficient (Wildman–Crippen LogP) is 2.19. The lowest BCUT2D eigenvalue weighted by Crippen LogP contribution is -2.43. The molecule has 2 aliphatic heterocycles. The van der Waals surface area contributed by atoms with Crippen molar-refractivity contribution >= 4 is 5.97 Å². The minimum absolute atomic E-state index is 0.0537. The first-order valence-corrected chi connectivity index (χ1v) is 7.91. The summed E-state index contributed by atoms with van der Waals surface area (Å²) in [5.74, 6) is -0.140. The summed E-state index contributed by atoms with van der Waals surface area (Å²) in [6.07, 6.45) is 4.06. The van der Waals surface area contributed by atoms with E-state index in [-0.39, 0.29) is 23.4 Å². The quantitative estimate of drug-likeness (QED) is 0.858. The zero-order chi connectivity index (χ0) is 16.6. The number of benzene rings is 1. The Morgan fingerprint density at radius 2 is 1.65 bits per heavy atom. The van der Waals surface area contributed by atoms with Gasteiger partial charge in [-0.1, -0.05) is 0 Å². The van der Waals surface area contributed by atoms with Crippen molar-refractivity contribution in [3.8, 4) is 17.2 Å². The Bertz CT molecular complexity index is 564. The third-order valence-electron chi connectivity index (χ3n) is 5.04. The molecule has 1 aromatic rings. The molecule has 0 aliphatic carbocycles. The minimum atomic E-state index is -0.407. The Kier molecular flexibility index (Phi) is 4.35. The standard InChI is InChI=1S/C17H23NO5/c1-18-11-4-5-12(18)9-13(8-11)23-17(20)10-6-14(21-2)16(19)15(7-10)22-3/h6-7,11-13,19H,4-5,8-9H2,1-3H3/t11-,12+,13?. The van der Waals surface area contributed by atoms with Gasteiger partial charge in [-0.05, 0) is 32.0 Å². The average molecular weight is 321 g/mol. The summed E-state index contributed by atoms with van der Waals surface area (Å²) in [6, 6.07) is 3.97. The number of hydrogen-bond acceptors (Lipinski definition) is 6. The van der Waals surface area contributed by atoms with Crippen molar-refractivity contribution in [2.45, 2.75) is 43.9 Å². The number of hydrogen-bond donors (Lipinski definition) is 1. The molecule has 2 bridgehead atoms. The number of ether oxygens (including phenoxy) is 3. The molecule has 6 nitrogen and oxygen atoms in total. The van der Waals surface area contributed by atoms with Crippen LogP contribution in [0.5, 0.6) is 17.2 Å². The molecule has 126 valence electrons. The highest BCUT2D eigenvalue weighted by Crippen LogP contribution is 2.38. The van der Waals surface area contributed by atoms with Crippen LogP contribution in [0.25, 0.3) is 0 Å². The monoisotopic (exact) mass is 321 g/mol. The zero-order valence-electron chi connectivity index (χ0n) is 13.7. The second-order valence-electron chi connectivity index (χ2n) is 6.28. The summed E-state index contributed by atoms with van der Waals surface area (Å²) in [7, 11) is 5.01. The number of rotatable bonds is 4. The Morgan fingerprint density at radius 1 is 1.13 bits per heavy atom. The second kappa shape index (κ2) is 6.28. The fourth-order valence-corrected chi connectivity index (χ4v) is 3.69. The molecule has 0 aromatic heterocycles. The molecule has 2 aliphatic rings. The minimum Gasteiger partial charge on any atom is -0.502 e. The number of esters is 1. The van der Waals surface area contributed by atoms with Gasteiger partial charge in [0.25, 0.3) is 0 Å². The Labute approximate surface area is 135 Å². The number of phenolic OH excluding ortho intramolecular Hbond substituents is 1. The normalized spacial score (nSPS) is 26.8. The van der Waals surface area contributed by atoms with Gasteiger partial charge >= 0.3 is 5.97 Å². The molecule has 2 saturated heterocycles. The summed E-state index contributed by atoms with van der Waals surface area (Å²) in [4.78, 5) is 14.8. The highest BCUT2D eigenvalue weighted by molar-refractivity contribution is 5.91. The van der Waals surface area contributed by atoms with Gasteiger partial charge < -0.3 is 24.2 Å². The van der Waals surface area contributed by atoms with Gasteiger partial charge in [-0.15, -0.1) is 0 Å². The molecule has 0 spiro atoms. The van der Waals surface area contributed by atoms with Crippen LogP contribution in [0, 0.1) is 0 Å². The zero-order valence-corrected chi connectivity index (χ0v) is 13.7. The van der Waals surface area contributed by atoms with E-state index in [1.54, 1.807) is 0 Å². The van der Waals surface area contributed by atoms with Crippen LogP contribution in [0.1, 0.15) is 36.0 Å². The van der Waals surface area contributed by atoms with E-state index in [9.17, 15) is 9.90 Å². The van der Waals surface area contributed by atoms with Crippen molar-refractivity contribution < 1.29 is 24.1 Å². The third kappa shape index (κ3) is 2.95. The van der Waals surface area contributed by atoms with Crippen LogP contribution in [0.2, 0.25) is 0 Å². The van der Waals surface area contributed by atoms with Gasteiger partial charge in [0.1, 0.15) is 6.10 Å². The molecule has 0 amide bonds.